The van der Waals surface area contributed by atoms with Crippen molar-refractivity contribution in [3.63, 3.8) is 0 Å². The number of nitrogens with zero attached hydrogens (tertiary/aromatic N) is 5. The van der Waals surface area contributed by atoms with E-state index in [1.54, 1.807) is 25.4 Å². The van der Waals surface area contributed by atoms with Crippen LogP contribution in [-0.4, -0.2) is 38.8 Å². The Labute approximate surface area is 189 Å². The number of ether oxygens (including phenoxy) is 1. The number of amides is 1. The van der Waals surface area contributed by atoms with Gasteiger partial charge in [-0.25, -0.2) is 9.78 Å². The van der Waals surface area contributed by atoms with Crippen molar-refractivity contribution in [2.75, 3.05) is 12.4 Å². The van der Waals surface area contributed by atoms with E-state index in [9.17, 15) is 9.59 Å². The Hall–Kier alpha value is -4.19. The lowest BCUT2D eigenvalue weighted by Gasteiger charge is -2.25. The molecule has 1 amide bonds. The van der Waals surface area contributed by atoms with Gasteiger partial charge in [-0.1, -0.05) is 0 Å². The second-order valence-corrected chi connectivity index (χ2v) is 8.29. The van der Waals surface area contributed by atoms with Gasteiger partial charge < -0.3 is 14.8 Å². The Morgan fingerprint density at radius 2 is 2.06 bits per heavy atom. The first-order valence-corrected chi connectivity index (χ1v) is 10.8. The predicted octanol–water partition coefficient (Wildman–Crippen LogP) is 4.28. The average Bonchev–Trinajstić information content (AvgIpc) is 3.46. The van der Waals surface area contributed by atoms with E-state index in [1.807, 2.05) is 29.1 Å². The van der Waals surface area contributed by atoms with Crippen LogP contribution < -0.4 is 10.1 Å². The molecule has 0 unspecified atom stereocenters. The lowest BCUT2D eigenvalue weighted by atomic mass is 9.87. The molecule has 9 nitrogen and oxygen atoms in total. The fourth-order valence-electron chi connectivity index (χ4n) is 4.45. The smallest absolute Gasteiger partial charge is 0.331 e. The van der Waals surface area contributed by atoms with E-state index in [0.29, 0.717) is 28.0 Å². The third kappa shape index (κ3) is 3.80. The molecule has 1 fully saturated rings. The number of aromatic nitrogens is 4. The molecular weight excluding hydrogens is 420 g/mol. The first kappa shape index (κ1) is 20.7. The van der Waals surface area contributed by atoms with Gasteiger partial charge in [-0.05, 0) is 43.9 Å². The van der Waals surface area contributed by atoms with Crippen LogP contribution in [0, 0.1) is 17.2 Å². The number of nitriles is 1. The van der Waals surface area contributed by atoms with Crippen molar-refractivity contribution in [3.05, 3.63) is 48.4 Å². The maximum atomic E-state index is 13.0. The van der Waals surface area contributed by atoms with Crippen LogP contribution in [0.15, 0.2) is 42.9 Å². The van der Waals surface area contributed by atoms with Gasteiger partial charge in [-0.3, -0.25) is 9.25 Å². The number of benzene rings is 1. The van der Waals surface area contributed by atoms with E-state index >= 15 is 0 Å². The highest BCUT2D eigenvalue weighted by Crippen LogP contribution is 2.34. The number of carbonyl (C=O) groups is 2. The van der Waals surface area contributed by atoms with Gasteiger partial charge in [0.05, 0.1) is 29.9 Å². The lowest BCUT2D eigenvalue weighted by Crippen LogP contribution is -2.19. The summed E-state index contributed by atoms with van der Waals surface area (Å²) >= 11 is 0. The van der Waals surface area contributed by atoms with E-state index in [2.05, 4.69) is 10.3 Å². The Balaban J connectivity index is 1.42. The van der Waals surface area contributed by atoms with Crippen LogP contribution in [0.2, 0.25) is 0 Å². The van der Waals surface area contributed by atoms with E-state index in [-0.39, 0.29) is 18.0 Å². The average molecular weight is 442 g/mol. The predicted molar refractivity (Wildman–Crippen MR) is 122 cm³/mol. The van der Waals surface area contributed by atoms with Crippen LogP contribution in [0.25, 0.3) is 21.9 Å². The molecule has 0 atom stereocenters. The molecule has 0 aliphatic heterocycles. The number of anilines is 1. The molecular formula is C24H22N6O3. The summed E-state index contributed by atoms with van der Waals surface area (Å²) in [4.78, 5) is 28.3. The molecule has 5 rings (SSSR count). The highest BCUT2D eigenvalue weighted by molar-refractivity contribution is 6.00. The summed E-state index contributed by atoms with van der Waals surface area (Å²) in [5.74, 6) is 0.654. The fraction of sp³-hybridized carbons (Fsp3) is 0.292. The molecule has 1 N–H and O–H groups in total. The second kappa shape index (κ2) is 8.39. The van der Waals surface area contributed by atoms with Gasteiger partial charge >= 0.3 is 6.03 Å². The Morgan fingerprint density at radius 3 is 2.79 bits per heavy atom. The number of hydrogen-bond acceptors (Lipinski definition) is 6. The molecule has 9 heteroatoms. The first-order chi connectivity index (χ1) is 16.1. The molecule has 166 valence electrons. The quantitative estimate of drug-likeness (QED) is 0.472. The Bertz CT molecular complexity index is 1410. The van der Waals surface area contributed by atoms with Gasteiger partial charge in [0.15, 0.2) is 0 Å². The SMILES string of the molecule is COc1cc2nn([C@H]3CC[C@H](C=O)CC3)cc2cc1NC(=O)n1ccc2cc(C#N)cnc21. The minimum atomic E-state index is -0.389. The summed E-state index contributed by atoms with van der Waals surface area (Å²) in [6, 6.07) is 9.00. The van der Waals surface area contributed by atoms with Crippen molar-refractivity contribution in [1.82, 2.24) is 19.3 Å². The van der Waals surface area contributed by atoms with Crippen molar-refractivity contribution < 1.29 is 14.3 Å². The topological polar surface area (TPSA) is 115 Å². The van der Waals surface area contributed by atoms with Gasteiger partial charge in [-0.2, -0.15) is 10.4 Å². The molecule has 0 saturated heterocycles. The lowest BCUT2D eigenvalue weighted by molar-refractivity contribution is -0.112. The molecule has 1 saturated carbocycles. The minimum absolute atomic E-state index is 0.152. The number of aldehydes is 1. The van der Waals surface area contributed by atoms with Crippen LogP contribution in [0.5, 0.6) is 5.75 Å². The molecule has 0 radical (unpaired) electrons. The molecule has 1 aromatic carbocycles. The Kier molecular flexibility index (Phi) is 5.26. The van der Waals surface area contributed by atoms with Crippen LogP contribution in [-0.2, 0) is 4.79 Å². The molecule has 33 heavy (non-hydrogen) atoms. The number of pyridine rings is 1. The second-order valence-electron chi connectivity index (χ2n) is 8.29. The zero-order valence-corrected chi connectivity index (χ0v) is 18.1. The van der Waals surface area contributed by atoms with Crippen molar-refractivity contribution in [2.45, 2.75) is 31.7 Å². The summed E-state index contributed by atoms with van der Waals surface area (Å²) in [5.41, 5.74) is 2.20. The summed E-state index contributed by atoms with van der Waals surface area (Å²) < 4.78 is 8.87. The first-order valence-electron chi connectivity index (χ1n) is 10.8. The number of nitrogens with one attached hydrogen (secondary N) is 1. The summed E-state index contributed by atoms with van der Waals surface area (Å²) in [7, 11) is 1.55. The normalized spacial score (nSPS) is 18.2. The zero-order valence-electron chi connectivity index (χ0n) is 18.1. The largest absolute Gasteiger partial charge is 0.494 e. The van der Waals surface area contributed by atoms with Gasteiger partial charge in [-0.15, -0.1) is 0 Å². The fourth-order valence-corrected chi connectivity index (χ4v) is 4.45. The number of rotatable bonds is 4. The van der Waals surface area contributed by atoms with E-state index in [0.717, 1.165) is 42.9 Å². The molecule has 0 bridgehead atoms. The van der Waals surface area contributed by atoms with Crippen molar-refractivity contribution in [2.24, 2.45) is 5.92 Å². The number of methoxy groups -OCH3 is 1. The van der Waals surface area contributed by atoms with Gasteiger partial charge in [0.2, 0.25) is 0 Å². The summed E-state index contributed by atoms with van der Waals surface area (Å²) in [5, 5.41) is 18.3. The van der Waals surface area contributed by atoms with Crippen molar-refractivity contribution in [3.8, 4) is 11.8 Å². The van der Waals surface area contributed by atoms with E-state index < -0.39 is 0 Å². The molecule has 4 aromatic rings. The van der Waals surface area contributed by atoms with E-state index in [1.165, 1.54) is 10.8 Å². The summed E-state index contributed by atoms with van der Waals surface area (Å²) in [6.45, 7) is 0. The van der Waals surface area contributed by atoms with Crippen LogP contribution in [0.4, 0.5) is 10.5 Å². The molecule has 1 aliphatic carbocycles. The number of fused-ring (bicyclic) bond motifs is 2. The monoisotopic (exact) mass is 442 g/mol. The maximum absolute atomic E-state index is 13.0. The minimum Gasteiger partial charge on any atom is -0.494 e. The Morgan fingerprint density at radius 1 is 1.24 bits per heavy atom. The van der Waals surface area contributed by atoms with Crippen LogP contribution in [0.1, 0.15) is 37.3 Å². The highest BCUT2D eigenvalue weighted by atomic mass is 16.5. The number of hydrogen-bond donors (Lipinski definition) is 1. The molecule has 3 heterocycles. The molecule has 1 aliphatic rings. The van der Waals surface area contributed by atoms with E-state index in [4.69, 9.17) is 15.1 Å². The third-order valence-electron chi connectivity index (χ3n) is 6.27. The van der Waals surface area contributed by atoms with Crippen molar-refractivity contribution in [1.29, 1.82) is 5.26 Å². The third-order valence-corrected chi connectivity index (χ3v) is 6.27. The number of carbonyl (C=O) groups excluding carboxylic acids is 2. The van der Waals surface area contributed by atoms with Gasteiger partial charge in [0, 0.05) is 41.3 Å². The standard InChI is InChI=1S/C24H22N6O3/c1-33-22-10-20-18(13-30(28-20)19-4-2-15(14-31)3-5-19)9-21(22)27-24(32)29-7-6-17-8-16(11-25)12-26-23(17)29/h6-10,12-15,19H,2-5H2,1H3,(H,27,32)/t15-,19-. The summed E-state index contributed by atoms with van der Waals surface area (Å²) in [6.07, 6.45) is 9.68. The molecule has 3 aromatic heterocycles. The molecule has 0 spiro atoms. The van der Waals surface area contributed by atoms with Crippen molar-refractivity contribution >= 4 is 39.9 Å². The maximum Gasteiger partial charge on any atom is 0.331 e. The van der Waals surface area contributed by atoms with Gasteiger partial charge in [0.1, 0.15) is 23.8 Å². The zero-order chi connectivity index (χ0) is 22.9. The van der Waals surface area contributed by atoms with Crippen LogP contribution >= 0.6 is 0 Å². The van der Waals surface area contributed by atoms with Crippen LogP contribution in [0.3, 0.4) is 0 Å². The van der Waals surface area contributed by atoms with Gasteiger partial charge in [0.25, 0.3) is 0 Å². The highest BCUT2D eigenvalue weighted by Gasteiger charge is 2.23.